The predicted molar refractivity (Wildman–Crippen MR) is 134 cm³/mol. The highest BCUT2D eigenvalue weighted by molar-refractivity contribution is 5.87. The van der Waals surface area contributed by atoms with Crippen molar-refractivity contribution in [2.24, 2.45) is 7.05 Å². The lowest BCUT2D eigenvalue weighted by Crippen LogP contribution is -2.21. The zero-order valence-corrected chi connectivity index (χ0v) is 19.9. The van der Waals surface area contributed by atoms with Crippen molar-refractivity contribution in [2.45, 2.75) is 33.3 Å². The fourth-order valence-corrected chi connectivity index (χ4v) is 4.95. The zero-order chi connectivity index (χ0) is 23.1. The van der Waals surface area contributed by atoms with Gasteiger partial charge in [-0.3, -0.25) is 9.36 Å². The van der Waals surface area contributed by atoms with Gasteiger partial charge in [0.15, 0.2) is 0 Å². The lowest BCUT2D eigenvalue weighted by Gasteiger charge is -2.13. The van der Waals surface area contributed by atoms with Crippen LogP contribution in [0.1, 0.15) is 27.9 Å². The van der Waals surface area contributed by atoms with E-state index in [1.54, 1.807) is 10.6 Å². The average molecular weight is 442 g/mol. The summed E-state index contributed by atoms with van der Waals surface area (Å²) >= 11 is 0. The molecule has 3 heterocycles. The lowest BCUT2D eigenvalue weighted by molar-refractivity contribution is 0.304. The van der Waals surface area contributed by atoms with Gasteiger partial charge >= 0.3 is 0 Å². The Labute approximate surface area is 194 Å². The van der Waals surface area contributed by atoms with Crippen molar-refractivity contribution in [1.29, 1.82) is 0 Å². The van der Waals surface area contributed by atoms with Gasteiger partial charge < -0.3 is 14.2 Å². The molecule has 0 saturated carbocycles. The molecule has 4 aromatic rings. The number of hydrogen-bond donors (Lipinski definition) is 0. The maximum absolute atomic E-state index is 12.9. The van der Waals surface area contributed by atoms with Crippen LogP contribution in [0, 0.1) is 13.8 Å². The monoisotopic (exact) mass is 441 g/mol. The summed E-state index contributed by atoms with van der Waals surface area (Å²) in [5, 5.41) is 1.30. The molecule has 0 fully saturated rings. The van der Waals surface area contributed by atoms with Crippen molar-refractivity contribution in [3.8, 4) is 11.4 Å². The minimum absolute atomic E-state index is 0.0927. The van der Waals surface area contributed by atoms with Crippen LogP contribution in [0.15, 0.2) is 59.5 Å². The van der Waals surface area contributed by atoms with E-state index in [1.807, 2.05) is 12.3 Å². The Morgan fingerprint density at radius 1 is 0.939 bits per heavy atom. The van der Waals surface area contributed by atoms with E-state index in [0.29, 0.717) is 12.4 Å². The Bertz CT molecular complexity index is 1400. The van der Waals surface area contributed by atoms with Crippen molar-refractivity contribution >= 4 is 10.9 Å². The molecule has 0 spiro atoms. The van der Waals surface area contributed by atoms with Crippen LogP contribution in [0.4, 0.5) is 0 Å². The second-order valence-electron chi connectivity index (χ2n) is 9.28. The molecule has 0 atom stereocenters. The van der Waals surface area contributed by atoms with Crippen molar-refractivity contribution < 1.29 is 4.74 Å². The first-order chi connectivity index (χ1) is 15.9. The zero-order valence-electron chi connectivity index (χ0n) is 19.9. The number of ether oxygens (including phenoxy) is 1. The number of likely N-dealkylation sites (N-methyl/N-ethyl adjacent to an activating group) is 1. The molecule has 1 aliphatic heterocycles. The van der Waals surface area contributed by atoms with Crippen LogP contribution in [0.5, 0.6) is 5.75 Å². The summed E-state index contributed by atoms with van der Waals surface area (Å²) in [5.74, 6) is 0.590. The highest BCUT2D eigenvalue weighted by Gasteiger charge is 2.19. The van der Waals surface area contributed by atoms with Gasteiger partial charge in [-0.15, -0.1) is 0 Å². The van der Waals surface area contributed by atoms with Gasteiger partial charge in [-0.2, -0.15) is 0 Å². The molecule has 5 nitrogen and oxygen atoms in total. The molecule has 2 aromatic heterocycles. The Hall–Kier alpha value is -3.31. The Morgan fingerprint density at radius 2 is 1.76 bits per heavy atom. The smallest absolute Gasteiger partial charge is 0.258 e. The van der Waals surface area contributed by atoms with Crippen LogP contribution in [-0.2, 0) is 26.5 Å². The quantitative estimate of drug-likeness (QED) is 0.466. The molecular formula is C28H31N3O2. The van der Waals surface area contributed by atoms with E-state index < -0.39 is 0 Å². The number of benzene rings is 2. The molecular weight excluding hydrogens is 410 g/mol. The fourth-order valence-electron chi connectivity index (χ4n) is 4.95. The van der Waals surface area contributed by atoms with E-state index in [2.05, 4.69) is 73.8 Å². The third kappa shape index (κ3) is 4.09. The Balaban J connectivity index is 1.42. The van der Waals surface area contributed by atoms with Crippen molar-refractivity contribution in [3.05, 3.63) is 93.0 Å². The molecule has 33 heavy (non-hydrogen) atoms. The van der Waals surface area contributed by atoms with Gasteiger partial charge in [0.05, 0.1) is 11.2 Å². The Morgan fingerprint density at radius 3 is 2.55 bits per heavy atom. The fraction of sp³-hybridized carbons (Fsp3) is 0.321. The van der Waals surface area contributed by atoms with Gasteiger partial charge in [-0.25, -0.2) is 0 Å². The Kier molecular flexibility index (Phi) is 5.59. The number of rotatable bonds is 4. The van der Waals surface area contributed by atoms with E-state index in [9.17, 15) is 4.79 Å². The van der Waals surface area contributed by atoms with Gasteiger partial charge in [-0.05, 0) is 62.2 Å². The van der Waals surface area contributed by atoms with Crippen LogP contribution in [0.25, 0.3) is 16.6 Å². The number of aryl methyl sites for hydroxylation is 3. The van der Waals surface area contributed by atoms with Crippen LogP contribution >= 0.6 is 0 Å². The van der Waals surface area contributed by atoms with Gasteiger partial charge in [-0.1, -0.05) is 29.8 Å². The van der Waals surface area contributed by atoms with E-state index in [1.165, 1.54) is 33.3 Å². The van der Waals surface area contributed by atoms with Gasteiger partial charge in [0.2, 0.25) is 0 Å². The molecule has 0 bridgehead atoms. The highest BCUT2D eigenvalue weighted by atomic mass is 16.5. The molecule has 170 valence electrons. The standard InChI is InChI=1S/C28H31N3O2/c1-19-5-6-21(20(2)15-19)18-33-23-9-14-31(28(32)17-23)22-7-8-24-25-10-12-29(3)13-11-26(25)30(4)27(24)16-22/h5-9,14-17H,10-13,18H2,1-4H3. The molecule has 5 rings (SSSR count). The van der Waals surface area contributed by atoms with E-state index in [4.69, 9.17) is 4.74 Å². The summed E-state index contributed by atoms with van der Waals surface area (Å²) in [6.07, 6.45) is 3.93. The molecule has 1 aliphatic rings. The summed E-state index contributed by atoms with van der Waals surface area (Å²) in [5.41, 5.74) is 8.39. The van der Waals surface area contributed by atoms with Crippen LogP contribution < -0.4 is 10.3 Å². The van der Waals surface area contributed by atoms with E-state index >= 15 is 0 Å². The van der Waals surface area contributed by atoms with E-state index in [-0.39, 0.29) is 5.56 Å². The molecule has 0 unspecified atom stereocenters. The summed E-state index contributed by atoms with van der Waals surface area (Å²) in [6.45, 7) is 6.77. The average Bonchev–Trinajstić information content (AvgIpc) is 2.91. The van der Waals surface area contributed by atoms with Crippen LogP contribution in [0.3, 0.4) is 0 Å². The first-order valence-electron chi connectivity index (χ1n) is 11.6. The van der Waals surface area contributed by atoms with Crippen molar-refractivity contribution in [1.82, 2.24) is 14.0 Å². The molecule has 2 aromatic carbocycles. The highest BCUT2D eigenvalue weighted by Crippen LogP contribution is 2.30. The third-order valence-electron chi connectivity index (χ3n) is 6.96. The van der Waals surface area contributed by atoms with E-state index in [0.717, 1.165) is 37.2 Å². The van der Waals surface area contributed by atoms with Crippen LogP contribution in [-0.4, -0.2) is 34.2 Å². The third-order valence-corrected chi connectivity index (χ3v) is 6.96. The van der Waals surface area contributed by atoms with Gasteiger partial charge in [0, 0.05) is 49.9 Å². The maximum atomic E-state index is 12.9. The molecule has 0 amide bonds. The number of hydrogen-bond acceptors (Lipinski definition) is 3. The van der Waals surface area contributed by atoms with Gasteiger partial charge in [0.25, 0.3) is 5.56 Å². The second-order valence-corrected chi connectivity index (χ2v) is 9.28. The largest absolute Gasteiger partial charge is 0.489 e. The van der Waals surface area contributed by atoms with Crippen molar-refractivity contribution in [3.63, 3.8) is 0 Å². The summed E-state index contributed by atoms with van der Waals surface area (Å²) in [7, 11) is 4.33. The second kappa shape index (κ2) is 8.56. The predicted octanol–water partition coefficient (Wildman–Crippen LogP) is 4.56. The number of fused-ring (bicyclic) bond motifs is 3. The first kappa shape index (κ1) is 21.5. The molecule has 5 heteroatoms. The molecule has 0 radical (unpaired) electrons. The topological polar surface area (TPSA) is 39.4 Å². The summed E-state index contributed by atoms with van der Waals surface area (Å²) in [4.78, 5) is 15.3. The molecule has 0 aliphatic carbocycles. The van der Waals surface area contributed by atoms with Crippen molar-refractivity contribution in [2.75, 3.05) is 20.1 Å². The normalized spacial score (nSPS) is 14.3. The maximum Gasteiger partial charge on any atom is 0.258 e. The summed E-state index contributed by atoms with van der Waals surface area (Å²) in [6, 6.07) is 16.1. The minimum atomic E-state index is -0.0927. The summed E-state index contributed by atoms with van der Waals surface area (Å²) < 4.78 is 9.92. The SMILES string of the molecule is Cc1ccc(COc2ccn(-c3ccc4c5c(n(C)c4c3)CCN(C)CC5)c(=O)c2)c(C)c1. The van der Waals surface area contributed by atoms with Gasteiger partial charge in [0.1, 0.15) is 12.4 Å². The molecule has 0 N–H and O–H groups in total. The number of nitrogens with zero attached hydrogens (tertiary/aromatic N) is 3. The minimum Gasteiger partial charge on any atom is -0.489 e. The number of pyridine rings is 1. The van der Waals surface area contributed by atoms with Crippen LogP contribution in [0.2, 0.25) is 0 Å². The number of aromatic nitrogens is 2. The first-order valence-corrected chi connectivity index (χ1v) is 11.6. The molecule has 0 saturated heterocycles. The lowest BCUT2D eigenvalue weighted by atomic mass is 10.1.